The number of hydrogen-bond acceptors (Lipinski definition) is 7. The van der Waals surface area contributed by atoms with E-state index < -0.39 is 0 Å². The first-order valence-corrected chi connectivity index (χ1v) is 10.3. The molecule has 0 amide bonds. The van der Waals surface area contributed by atoms with Crippen LogP contribution in [0.5, 0.6) is 0 Å². The van der Waals surface area contributed by atoms with E-state index in [2.05, 4.69) is 25.3 Å². The van der Waals surface area contributed by atoms with E-state index in [0.29, 0.717) is 58.9 Å². The first kappa shape index (κ1) is 20.1. The van der Waals surface area contributed by atoms with Crippen molar-refractivity contribution >= 4 is 28.0 Å². The van der Waals surface area contributed by atoms with Crippen molar-refractivity contribution < 1.29 is 9.13 Å². The van der Waals surface area contributed by atoms with Gasteiger partial charge in [0.05, 0.1) is 29.5 Å². The maximum atomic E-state index is 15.0. The number of aromatic nitrogens is 4. The smallest absolute Gasteiger partial charge is 0.259 e. The number of rotatable bonds is 4. The van der Waals surface area contributed by atoms with Crippen molar-refractivity contribution in [3.05, 3.63) is 71.4 Å². The van der Waals surface area contributed by atoms with E-state index in [1.54, 1.807) is 42.9 Å². The zero-order valence-corrected chi connectivity index (χ0v) is 17.4. The quantitative estimate of drug-likeness (QED) is 0.510. The number of morpholine rings is 1. The molecule has 9 heteroatoms. The second kappa shape index (κ2) is 8.35. The van der Waals surface area contributed by atoms with Crippen molar-refractivity contribution in [1.29, 1.82) is 0 Å². The molecule has 0 spiro atoms. The highest BCUT2D eigenvalue weighted by atomic mass is 19.1. The molecule has 3 aromatic heterocycles. The van der Waals surface area contributed by atoms with Gasteiger partial charge in [0.2, 0.25) is 0 Å². The normalized spacial score (nSPS) is 16.3. The van der Waals surface area contributed by atoms with Crippen LogP contribution < -0.4 is 15.8 Å². The summed E-state index contributed by atoms with van der Waals surface area (Å²) in [6.45, 7) is 3.80. The number of anilines is 3. The zero-order chi connectivity index (χ0) is 22.1. The van der Waals surface area contributed by atoms with E-state index in [0.717, 1.165) is 0 Å². The van der Waals surface area contributed by atoms with Crippen molar-refractivity contribution in [2.75, 3.05) is 29.9 Å². The SMILES string of the molecule is C[C@@H]1CN(c2ccc(Nc3nc(-c4cncnc4)cc4cc[nH]c(=O)c34)cc2F)CCO1. The molecule has 32 heavy (non-hydrogen) atoms. The molecule has 1 aromatic carbocycles. The lowest BCUT2D eigenvalue weighted by atomic mass is 10.1. The number of nitrogens with zero attached hydrogens (tertiary/aromatic N) is 4. The third kappa shape index (κ3) is 3.90. The monoisotopic (exact) mass is 432 g/mol. The van der Waals surface area contributed by atoms with Gasteiger partial charge in [0.15, 0.2) is 0 Å². The molecule has 4 heterocycles. The zero-order valence-electron chi connectivity index (χ0n) is 17.4. The van der Waals surface area contributed by atoms with Crippen molar-refractivity contribution in [3.63, 3.8) is 0 Å². The van der Waals surface area contributed by atoms with Gasteiger partial charge in [-0.1, -0.05) is 0 Å². The Labute approximate surface area is 183 Å². The Kier molecular flexibility index (Phi) is 5.24. The molecule has 0 radical (unpaired) electrons. The van der Waals surface area contributed by atoms with Gasteiger partial charge in [0, 0.05) is 42.9 Å². The Hall–Kier alpha value is -3.85. The minimum absolute atomic E-state index is 0.0490. The molecule has 5 rings (SSSR count). The van der Waals surface area contributed by atoms with Gasteiger partial charge in [0.1, 0.15) is 18.0 Å². The predicted octanol–water partition coefficient (Wildman–Crippen LogP) is 3.49. The largest absolute Gasteiger partial charge is 0.375 e. The average Bonchev–Trinajstić information content (AvgIpc) is 2.79. The molecule has 0 bridgehead atoms. The van der Waals surface area contributed by atoms with Crippen LogP contribution in [0.15, 0.2) is 60.0 Å². The number of H-pyrrole nitrogens is 1. The molecule has 0 saturated carbocycles. The van der Waals surface area contributed by atoms with Gasteiger partial charge in [-0.2, -0.15) is 0 Å². The average molecular weight is 432 g/mol. The Morgan fingerprint density at radius 1 is 1.22 bits per heavy atom. The highest BCUT2D eigenvalue weighted by Gasteiger charge is 2.20. The molecule has 0 unspecified atom stereocenters. The van der Waals surface area contributed by atoms with Gasteiger partial charge in [-0.05, 0) is 42.6 Å². The fourth-order valence-corrected chi connectivity index (χ4v) is 3.90. The summed E-state index contributed by atoms with van der Waals surface area (Å²) < 4.78 is 20.5. The second-order valence-electron chi connectivity index (χ2n) is 7.67. The molecule has 4 aromatic rings. The summed E-state index contributed by atoms with van der Waals surface area (Å²) in [7, 11) is 0. The maximum Gasteiger partial charge on any atom is 0.259 e. The van der Waals surface area contributed by atoms with Crippen LogP contribution in [0.1, 0.15) is 6.92 Å². The Morgan fingerprint density at radius 3 is 2.84 bits per heavy atom. The lowest BCUT2D eigenvalue weighted by Crippen LogP contribution is -2.41. The number of fused-ring (bicyclic) bond motifs is 1. The summed E-state index contributed by atoms with van der Waals surface area (Å²) in [5.41, 5.74) is 2.04. The maximum absolute atomic E-state index is 15.0. The van der Waals surface area contributed by atoms with Crippen LogP contribution in [0, 0.1) is 5.82 Å². The van der Waals surface area contributed by atoms with Gasteiger partial charge in [0.25, 0.3) is 5.56 Å². The van der Waals surface area contributed by atoms with Crippen molar-refractivity contribution in [2.24, 2.45) is 0 Å². The van der Waals surface area contributed by atoms with Crippen LogP contribution >= 0.6 is 0 Å². The van der Waals surface area contributed by atoms with E-state index in [-0.39, 0.29) is 17.5 Å². The molecule has 2 N–H and O–H groups in total. The fourth-order valence-electron chi connectivity index (χ4n) is 3.90. The van der Waals surface area contributed by atoms with Crippen molar-refractivity contribution in [1.82, 2.24) is 19.9 Å². The first-order chi connectivity index (χ1) is 15.6. The number of hydrogen-bond donors (Lipinski definition) is 2. The summed E-state index contributed by atoms with van der Waals surface area (Å²) in [5.74, 6) is -0.0229. The Bertz CT molecular complexity index is 1330. The topological polar surface area (TPSA) is 96.0 Å². The van der Waals surface area contributed by atoms with Gasteiger partial charge >= 0.3 is 0 Å². The van der Waals surface area contributed by atoms with Crippen LogP contribution in [-0.4, -0.2) is 45.7 Å². The van der Waals surface area contributed by atoms with Crippen LogP contribution in [0.2, 0.25) is 0 Å². The van der Waals surface area contributed by atoms with Crippen LogP contribution in [0.25, 0.3) is 22.0 Å². The minimum atomic E-state index is -0.352. The highest BCUT2D eigenvalue weighted by Crippen LogP contribution is 2.30. The van der Waals surface area contributed by atoms with Gasteiger partial charge in [-0.15, -0.1) is 0 Å². The number of benzene rings is 1. The van der Waals surface area contributed by atoms with E-state index >= 15 is 0 Å². The minimum Gasteiger partial charge on any atom is -0.375 e. The van der Waals surface area contributed by atoms with E-state index in [1.807, 2.05) is 11.8 Å². The van der Waals surface area contributed by atoms with E-state index in [1.165, 1.54) is 12.4 Å². The summed E-state index contributed by atoms with van der Waals surface area (Å²) in [5, 5.41) is 4.21. The molecular weight excluding hydrogens is 411 g/mol. The summed E-state index contributed by atoms with van der Waals surface area (Å²) in [4.78, 5) is 29.9. The van der Waals surface area contributed by atoms with Gasteiger partial charge in [-0.3, -0.25) is 4.79 Å². The van der Waals surface area contributed by atoms with E-state index in [9.17, 15) is 9.18 Å². The van der Waals surface area contributed by atoms with Gasteiger partial charge < -0.3 is 19.9 Å². The molecule has 1 aliphatic rings. The second-order valence-corrected chi connectivity index (χ2v) is 7.67. The summed E-state index contributed by atoms with van der Waals surface area (Å²) >= 11 is 0. The Balaban J connectivity index is 1.53. The fraction of sp³-hybridized carbons (Fsp3) is 0.217. The van der Waals surface area contributed by atoms with Crippen molar-refractivity contribution in [2.45, 2.75) is 13.0 Å². The molecule has 1 aliphatic heterocycles. The number of aromatic amines is 1. The molecule has 162 valence electrons. The third-order valence-electron chi connectivity index (χ3n) is 5.40. The van der Waals surface area contributed by atoms with Crippen LogP contribution in [0.3, 0.4) is 0 Å². The molecule has 0 aliphatic carbocycles. The van der Waals surface area contributed by atoms with Crippen LogP contribution in [-0.2, 0) is 4.74 Å². The number of nitrogens with one attached hydrogen (secondary N) is 2. The highest BCUT2D eigenvalue weighted by molar-refractivity contribution is 5.95. The number of ether oxygens (including phenoxy) is 1. The predicted molar refractivity (Wildman–Crippen MR) is 121 cm³/mol. The Morgan fingerprint density at radius 2 is 2.06 bits per heavy atom. The molecule has 8 nitrogen and oxygen atoms in total. The van der Waals surface area contributed by atoms with Crippen LogP contribution in [0.4, 0.5) is 21.6 Å². The molecule has 1 atom stereocenters. The summed E-state index contributed by atoms with van der Waals surface area (Å²) in [6, 6.07) is 8.52. The number of pyridine rings is 2. The molecule has 1 fully saturated rings. The third-order valence-corrected chi connectivity index (χ3v) is 5.40. The van der Waals surface area contributed by atoms with Crippen molar-refractivity contribution in [3.8, 4) is 11.3 Å². The molecular formula is C23H21FN6O2. The molecule has 1 saturated heterocycles. The lowest BCUT2D eigenvalue weighted by molar-refractivity contribution is 0.0530. The van der Waals surface area contributed by atoms with E-state index in [4.69, 9.17) is 4.74 Å². The lowest BCUT2D eigenvalue weighted by Gasteiger charge is -2.33. The van der Waals surface area contributed by atoms with Gasteiger partial charge in [-0.25, -0.2) is 19.3 Å². The summed E-state index contributed by atoms with van der Waals surface area (Å²) in [6.07, 6.45) is 6.37. The first-order valence-electron chi connectivity index (χ1n) is 10.3. The number of halogens is 1. The standard InChI is InChI=1S/C23H21FN6O2/c1-14-12-30(6-7-32-14)20-3-2-17(9-18(20)24)28-22-21-15(4-5-27-23(21)31)8-19(29-22)16-10-25-13-26-11-16/h2-5,8-11,13-14H,6-7,12H2,1H3,(H,27,31)(H,28,29)/t14-/m1/s1.